The van der Waals surface area contributed by atoms with E-state index in [1.165, 1.54) is 0 Å². The molecule has 3 nitrogen and oxygen atoms in total. The third kappa shape index (κ3) is 4.77. The summed E-state index contributed by atoms with van der Waals surface area (Å²) in [4.78, 5) is 0. The van der Waals surface area contributed by atoms with Gasteiger partial charge in [0.15, 0.2) is 0 Å². The summed E-state index contributed by atoms with van der Waals surface area (Å²) in [6.07, 6.45) is 0.608. The molecule has 0 aliphatic carbocycles. The third-order valence-corrected chi connectivity index (χ3v) is 4.07. The molecular weight excluding hydrogens is 331 g/mol. The monoisotopic (exact) mass is 344 g/mol. The number of nitrogens with one attached hydrogen (secondary N) is 1. The number of benzene rings is 2. The van der Waals surface area contributed by atoms with Gasteiger partial charge < -0.3 is 4.74 Å². The summed E-state index contributed by atoms with van der Waals surface area (Å²) >= 11 is 18.1. The van der Waals surface area contributed by atoms with Crippen LogP contribution in [0.25, 0.3) is 0 Å². The van der Waals surface area contributed by atoms with Crippen molar-refractivity contribution < 1.29 is 4.74 Å². The lowest BCUT2D eigenvalue weighted by Gasteiger charge is -2.18. The fraction of sp³-hybridized carbons (Fsp3) is 0.200. The van der Waals surface area contributed by atoms with Gasteiger partial charge in [-0.3, -0.25) is 11.3 Å². The van der Waals surface area contributed by atoms with Crippen LogP contribution in [0.2, 0.25) is 15.1 Å². The average Bonchev–Trinajstić information content (AvgIpc) is 2.48. The minimum Gasteiger partial charge on any atom is -0.492 e. The third-order valence-electron chi connectivity index (χ3n) is 2.98. The number of rotatable bonds is 6. The fourth-order valence-corrected chi connectivity index (χ4v) is 2.47. The van der Waals surface area contributed by atoms with Gasteiger partial charge in [0.25, 0.3) is 0 Å². The Bertz CT molecular complexity index is 607. The van der Waals surface area contributed by atoms with Crippen molar-refractivity contribution in [3.05, 3.63) is 63.1 Å². The molecule has 2 aromatic carbocycles. The van der Waals surface area contributed by atoms with Gasteiger partial charge in [-0.25, -0.2) is 0 Å². The predicted molar refractivity (Wildman–Crippen MR) is 88.2 cm³/mol. The number of hydrogen-bond acceptors (Lipinski definition) is 3. The molecule has 0 radical (unpaired) electrons. The second kappa shape index (κ2) is 7.87. The molecule has 112 valence electrons. The van der Waals surface area contributed by atoms with Gasteiger partial charge in [0.2, 0.25) is 0 Å². The topological polar surface area (TPSA) is 47.3 Å². The molecule has 0 fully saturated rings. The molecule has 21 heavy (non-hydrogen) atoms. The van der Waals surface area contributed by atoms with Gasteiger partial charge in [-0.05, 0) is 36.2 Å². The molecule has 3 N–H and O–H groups in total. The van der Waals surface area contributed by atoms with E-state index in [0.717, 1.165) is 5.56 Å². The van der Waals surface area contributed by atoms with E-state index in [2.05, 4.69) is 5.43 Å². The molecule has 0 saturated heterocycles. The van der Waals surface area contributed by atoms with Crippen molar-refractivity contribution >= 4 is 34.8 Å². The number of hydrazine groups is 1. The van der Waals surface area contributed by atoms with Gasteiger partial charge >= 0.3 is 0 Å². The molecule has 0 amide bonds. The van der Waals surface area contributed by atoms with Crippen LogP contribution in [0.5, 0.6) is 5.75 Å². The molecular formula is C15H15Cl3N2O. The van der Waals surface area contributed by atoms with Crippen LogP contribution in [0.15, 0.2) is 42.5 Å². The summed E-state index contributed by atoms with van der Waals surface area (Å²) in [5.41, 5.74) is 3.64. The van der Waals surface area contributed by atoms with E-state index in [9.17, 15) is 0 Å². The van der Waals surface area contributed by atoms with Crippen molar-refractivity contribution in [2.75, 3.05) is 6.61 Å². The second-order valence-corrected chi connectivity index (χ2v) is 5.77. The SMILES string of the molecule is NNC(COc1cccc(Cl)c1)Cc1cccc(Cl)c1Cl. The van der Waals surface area contributed by atoms with E-state index in [0.29, 0.717) is 33.8 Å². The molecule has 0 spiro atoms. The normalized spacial score (nSPS) is 12.2. The highest BCUT2D eigenvalue weighted by Gasteiger charge is 2.12. The minimum atomic E-state index is -0.0973. The van der Waals surface area contributed by atoms with Crippen LogP contribution in [0, 0.1) is 0 Å². The molecule has 0 aliphatic heterocycles. The summed E-state index contributed by atoms with van der Waals surface area (Å²) < 4.78 is 5.68. The van der Waals surface area contributed by atoms with Crippen molar-refractivity contribution in [3.8, 4) is 5.75 Å². The Morgan fingerprint density at radius 1 is 1.10 bits per heavy atom. The Morgan fingerprint density at radius 3 is 2.57 bits per heavy atom. The van der Waals surface area contributed by atoms with Crippen molar-refractivity contribution in [2.24, 2.45) is 5.84 Å². The molecule has 0 aliphatic rings. The Kier molecular flexibility index (Phi) is 6.15. The number of ether oxygens (including phenoxy) is 1. The quantitative estimate of drug-likeness (QED) is 0.612. The Morgan fingerprint density at radius 2 is 1.86 bits per heavy atom. The van der Waals surface area contributed by atoms with Crippen molar-refractivity contribution in [1.29, 1.82) is 0 Å². The lowest BCUT2D eigenvalue weighted by Crippen LogP contribution is -2.41. The van der Waals surface area contributed by atoms with Crippen LogP contribution in [0.1, 0.15) is 5.56 Å². The zero-order valence-electron chi connectivity index (χ0n) is 11.2. The largest absolute Gasteiger partial charge is 0.492 e. The van der Waals surface area contributed by atoms with Gasteiger partial charge in [0.05, 0.1) is 16.1 Å². The highest BCUT2D eigenvalue weighted by molar-refractivity contribution is 6.42. The zero-order valence-corrected chi connectivity index (χ0v) is 13.4. The average molecular weight is 346 g/mol. The van der Waals surface area contributed by atoms with Crippen LogP contribution in [0.4, 0.5) is 0 Å². The van der Waals surface area contributed by atoms with Crippen molar-refractivity contribution in [2.45, 2.75) is 12.5 Å². The maximum atomic E-state index is 6.17. The minimum absolute atomic E-state index is 0.0973. The molecule has 1 unspecified atom stereocenters. The van der Waals surface area contributed by atoms with E-state index >= 15 is 0 Å². The fourth-order valence-electron chi connectivity index (χ4n) is 1.89. The van der Waals surface area contributed by atoms with E-state index in [-0.39, 0.29) is 6.04 Å². The molecule has 2 rings (SSSR count). The van der Waals surface area contributed by atoms with Gasteiger partial charge in [0.1, 0.15) is 12.4 Å². The first-order valence-electron chi connectivity index (χ1n) is 6.37. The zero-order chi connectivity index (χ0) is 15.2. The summed E-state index contributed by atoms with van der Waals surface area (Å²) in [6.45, 7) is 0.389. The molecule has 0 bridgehead atoms. The lowest BCUT2D eigenvalue weighted by atomic mass is 10.1. The Hall–Kier alpha value is -0.970. The first-order chi connectivity index (χ1) is 10.1. The summed E-state index contributed by atoms with van der Waals surface area (Å²) in [6, 6.07) is 12.6. The van der Waals surface area contributed by atoms with E-state index in [4.69, 9.17) is 45.4 Å². The van der Waals surface area contributed by atoms with Gasteiger partial charge in [0, 0.05) is 5.02 Å². The molecule has 0 heterocycles. The maximum absolute atomic E-state index is 6.17. The van der Waals surface area contributed by atoms with E-state index in [1.54, 1.807) is 18.2 Å². The molecule has 6 heteroatoms. The first-order valence-corrected chi connectivity index (χ1v) is 7.51. The van der Waals surface area contributed by atoms with Gasteiger partial charge in [-0.1, -0.05) is 53.0 Å². The van der Waals surface area contributed by atoms with Gasteiger partial charge in [-0.2, -0.15) is 0 Å². The molecule has 1 atom stereocenters. The van der Waals surface area contributed by atoms with Crippen molar-refractivity contribution in [3.63, 3.8) is 0 Å². The number of nitrogens with two attached hydrogens (primary N) is 1. The van der Waals surface area contributed by atoms with E-state index < -0.39 is 0 Å². The smallest absolute Gasteiger partial charge is 0.120 e. The molecule has 0 aromatic heterocycles. The standard InChI is InChI=1S/C15H15Cl3N2O/c16-11-4-2-5-13(8-11)21-9-12(20-19)7-10-3-1-6-14(17)15(10)18/h1-6,8,12,20H,7,9,19H2. The van der Waals surface area contributed by atoms with Crippen LogP contribution >= 0.6 is 34.8 Å². The first kappa shape index (κ1) is 16.4. The Balaban J connectivity index is 1.99. The van der Waals surface area contributed by atoms with Crippen LogP contribution in [-0.2, 0) is 6.42 Å². The lowest BCUT2D eigenvalue weighted by molar-refractivity contribution is 0.264. The second-order valence-electron chi connectivity index (χ2n) is 4.55. The summed E-state index contributed by atoms with van der Waals surface area (Å²) in [5, 5.41) is 1.70. The van der Waals surface area contributed by atoms with Crippen molar-refractivity contribution in [1.82, 2.24) is 5.43 Å². The highest BCUT2D eigenvalue weighted by Crippen LogP contribution is 2.26. The number of halogens is 3. The van der Waals surface area contributed by atoms with Gasteiger partial charge in [-0.15, -0.1) is 0 Å². The maximum Gasteiger partial charge on any atom is 0.120 e. The van der Waals surface area contributed by atoms with Crippen LogP contribution < -0.4 is 16.0 Å². The van der Waals surface area contributed by atoms with E-state index in [1.807, 2.05) is 24.3 Å². The molecule has 2 aromatic rings. The predicted octanol–water partition coefficient (Wildman–Crippen LogP) is 4.10. The Labute approximate surface area is 138 Å². The van der Waals surface area contributed by atoms with Crippen LogP contribution in [0.3, 0.4) is 0 Å². The number of hydrogen-bond donors (Lipinski definition) is 2. The summed E-state index contributed by atoms with van der Waals surface area (Å²) in [7, 11) is 0. The summed E-state index contributed by atoms with van der Waals surface area (Å²) in [5.74, 6) is 6.27. The van der Waals surface area contributed by atoms with Crippen LogP contribution in [-0.4, -0.2) is 12.6 Å². The highest BCUT2D eigenvalue weighted by atomic mass is 35.5. The molecule has 0 saturated carbocycles.